The summed E-state index contributed by atoms with van der Waals surface area (Å²) >= 11 is 0. The highest BCUT2D eigenvalue weighted by atomic mass is 127. The van der Waals surface area contributed by atoms with Crippen LogP contribution in [0, 0.1) is 0 Å². The van der Waals surface area contributed by atoms with Crippen LogP contribution in [0.5, 0.6) is 11.5 Å². The van der Waals surface area contributed by atoms with Crippen molar-refractivity contribution in [1.29, 1.82) is 0 Å². The number of halogens is 1. The van der Waals surface area contributed by atoms with Gasteiger partial charge in [-0.3, -0.25) is 4.99 Å². The summed E-state index contributed by atoms with van der Waals surface area (Å²) in [5.41, 5.74) is 1.25. The van der Waals surface area contributed by atoms with Crippen molar-refractivity contribution in [3.8, 4) is 11.5 Å². The topological polar surface area (TPSA) is 58.1 Å². The lowest BCUT2D eigenvalue weighted by atomic mass is 10.1. The SMILES string of the molecule is CCOc1cc(CCCNC(=NC)NCCN(CC)CC)ccc1OC.I. The first-order valence-electron chi connectivity index (χ1n) is 9.64. The van der Waals surface area contributed by atoms with E-state index in [0.29, 0.717) is 6.61 Å². The van der Waals surface area contributed by atoms with E-state index >= 15 is 0 Å². The van der Waals surface area contributed by atoms with Crippen LogP contribution in [0.15, 0.2) is 23.2 Å². The Labute approximate surface area is 182 Å². The van der Waals surface area contributed by atoms with Gasteiger partial charge in [-0.2, -0.15) is 0 Å². The molecule has 0 spiro atoms. The molecule has 0 fully saturated rings. The minimum atomic E-state index is 0. The van der Waals surface area contributed by atoms with Crippen molar-refractivity contribution < 1.29 is 9.47 Å². The van der Waals surface area contributed by atoms with Gasteiger partial charge in [-0.25, -0.2) is 0 Å². The lowest BCUT2D eigenvalue weighted by Gasteiger charge is -2.19. The van der Waals surface area contributed by atoms with Gasteiger partial charge in [0, 0.05) is 26.7 Å². The van der Waals surface area contributed by atoms with Gasteiger partial charge in [-0.05, 0) is 50.6 Å². The van der Waals surface area contributed by atoms with Crippen molar-refractivity contribution >= 4 is 29.9 Å². The number of ether oxygens (including phenoxy) is 2. The molecule has 0 aromatic heterocycles. The van der Waals surface area contributed by atoms with E-state index in [2.05, 4.69) is 46.5 Å². The molecule has 0 aliphatic rings. The van der Waals surface area contributed by atoms with Gasteiger partial charge in [0.15, 0.2) is 17.5 Å². The zero-order valence-electron chi connectivity index (χ0n) is 17.5. The van der Waals surface area contributed by atoms with Crippen molar-refractivity contribution in [2.24, 2.45) is 4.99 Å². The first-order chi connectivity index (χ1) is 12.7. The third kappa shape index (κ3) is 10.0. The maximum atomic E-state index is 5.64. The van der Waals surface area contributed by atoms with Gasteiger partial charge in [0.2, 0.25) is 0 Å². The molecule has 6 nitrogen and oxygen atoms in total. The number of hydrogen-bond donors (Lipinski definition) is 2. The normalized spacial score (nSPS) is 11.1. The lowest BCUT2D eigenvalue weighted by Crippen LogP contribution is -2.41. The van der Waals surface area contributed by atoms with Gasteiger partial charge in [-0.1, -0.05) is 19.9 Å². The molecule has 0 saturated carbocycles. The second-order valence-corrected chi connectivity index (χ2v) is 5.97. The Hall–Kier alpha value is -1.22. The van der Waals surface area contributed by atoms with Crippen LogP contribution < -0.4 is 20.1 Å². The highest BCUT2D eigenvalue weighted by Gasteiger charge is 2.05. The number of aryl methyl sites for hydroxylation is 1. The van der Waals surface area contributed by atoms with Crippen LogP contribution in [0.4, 0.5) is 0 Å². The van der Waals surface area contributed by atoms with Crippen LogP contribution in [-0.4, -0.2) is 64.3 Å². The number of aliphatic imine (C=N–C) groups is 1. The molecule has 0 unspecified atom stereocenters. The van der Waals surface area contributed by atoms with Crippen LogP contribution in [0.25, 0.3) is 0 Å². The number of benzene rings is 1. The van der Waals surface area contributed by atoms with Crippen molar-refractivity contribution in [3.05, 3.63) is 23.8 Å². The second kappa shape index (κ2) is 15.8. The number of methoxy groups -OCH3 is 1. The summed E-state index contributed by atoms with van der Waals surface area (Å²) < 4.78 is 11.0. The maximum Gasteiger partial charge on any atom is 0.191 e. The third-order valence-electron chi connectivity index (χ3n) is 4.30. The zero-order valence-corrected chi connectivity index (χ0v) is 19.8. The minimum absolute atomic E-state index is 0. The van der Waals surface area contributed by atoms with Gasteiger partial charge in [0.05, 0.1) is 13.7 Å². The van der Waals surface area contributed by atoms with E-state index in [9.17, 15) is 0 Å². The first kappa shape index (κ1) is 25.8. The molecule has 0 aliphatic carbocycles. The molecule has 0 aliphatic heterocycles. The molecular formula is C20H37IN4O2. The van der Waals surface area contributed by atoms with Crippen LogP contribution >= 0.6 is 24.0 Å². The van der Waals surface area contributed by atoms with E-state index in [1.807, 2.05) is 20.0 Å². The number of nitrogens with one attached hydrogen (secondary N) is 2. The molecule has 1 rings (SSSR count). The molecule has 0 bridgehead atoms. The first-order valence-corrected chi connectivity index (χ1v) is 9.64. The van der Waals surface area contributed by atoms with Crippen molar-refractivity contribution in [2.45, 2.75) is 33.6 Å². The van der Waals surface area contributed by atoms with Gasteiger partial charge in [-0.15, -0.1) is 24.0 Å². The van der Waals surface area contributed by atoms with Gasteiger partial charge in [0.1, 0.15) is 0 Å². The van der Waals surface area contributed by atoms with E-state index in [4.69, 9.17) is 9.47 Å². The van der Waals surface area contributed by atoms with Crippen molar-refractivity contribution in [1.82, 2.24) is 15.5 Å². The molecule has 0 heterocycles. The lowest BCUT2D eigenvalue weighted by molar-refractivity contribution is 0.308. The van der Waals surface area contributed by atoms with E-state index in [0.717, 1.165) is 63.0 Å². The predicted molar refractivity (Wildman–Crippen MR) is 125 cm³/mol. The fourth-order valence-electron chi connectivity index (χ4n) is 2.74. The average Bonchev–Trinajstić information content (AvgIpc) is 2.67. The minimum Gasteiger partial charge on any atom is -0.493 e. The Morgan fingerprint density at radius 3 is 2.37 bits per heavy atom. The highest BCUT2D eigenvalue weighted by molar-refractivity contribution is 14.0. The van der Waals surface area contributed by atoms with Crippen LogP contribution in [0.2, 0.25) is 0 Å². The number of guanidine groups is 1. The Balaban J connectivity index is 0.00000676. The molecule has 7 heteroatoms. The summed E-state index contributed by atoms with van der Waals surface area (Å²) in [5, 5.41) is 6.75. The van der Waals surface area contributed by atoms with E-state index in [-0.39, 0.29) is 24.0 Å². The highest BCUT2D eigenvalue weighted by Crippen LogP contribution is 2.28. The van der Waals surface area contributed by atoms with Crippen LogP contribution in [0.3, 0.4) is 0 Å². The molecule has 0 amide bonds. The molecule has 27 heavy (non-hydrogen) atoms. The van der Waals surface area contributed by atoms with Crippen LogP contribution in [0.1, 0.15) is 32.8 Å². The molecule has 1 aromatic carbocycles. The number of rotatable bonds is 12. The molecule has 156 valence electrons. The fourth-order valence-corrected chi connectivity index (χ4v) is 2.74. The molecule has 1 aromatic rings. The third-order valence-corrected chi connectivity index (χ3v) is 4.30. The summed E-state index contributed by atoms with van der Waals surface area (Å²) in [6.07, 6.45) is 2.00. The van der Waals surface area contributed by atoms with E-state index in [1.165, 1.54) is 5.56 Å². The monoisotopic (exact) mass is 492 g/mol. The predicted octanol–water partition coefficient (Wildman–Crippen LogP) is 3.15. The Bertz CT molecular complexity index is 537. The zero-order chi connectivity index (χ0) is 19.2. The summed E-state index contributed by atoms with van der Waals surface area (Å²) in [6.45, 7) is 12.0. The van der Waals surface area contributed by atoms with E-state index < -0.39 is 0 Å². The smallest absolute Gasteiger partial charge is 0.191 e. The van der Waals surface area contributed by atoms with Crippen LogP contribution in [-0.2, 0) is 6.42 Å². The van der Waals surface area contributed by atoms with Crippen molar-refractivity contribution in [2.75, 3.05) is 53.5 Å². The fraction of sp³-hybridized carbons (Fsp3) is 0.650. The molecule has 0 radical (unpaired) electrons. The van der Waals surface area contributed by atoms with Gasteiger partial charge >= 0.3 is 0 Å². The largest absolute Gasteiger partial charge is 0.493 e. The Morgan fingerprint density at radius 1 is 1.07 bits per heavy atom. The average molecular weight is 492 g/mol. The molecule has 2 N–H and O–H groups in total. The molecule has 0 atom stereocenters. The second-order valence-electron chi connectivity index (χ2n) is 5.97. The number of hydrogen-bond acceptors (Lipinski definition) is 4. The summed E-state index contributed by atoms with van der Waals surface area (Å²) in [5.74, 6) is 2.46. The van der Waals surface area contributed by atoms with Crippen molar-refractivity contribution in [3.63, 3.8) is 0 Å². The standard InChI is InChI=1S/C20H36N4O2.HI/c1-6-24(7-2)15-14-23-20(21-4)22-13-9-10-17-11-12-18(25-5)19(16-17)26-8-3;/h11-12,16H,6-10,13-15H2,1-5H3,(H2,21,22,23);1H. The summed E-state index contributed by atoms with van der Waals surface area (Å²) in [4.78, 5) is 6.67. The molecule has 0 saturated heterocycles. The maximum absolute atomic E-state index is 5.64. The van der Waals surface area contributed by atoms with Gasteiger partial charge in [0.25, 0.3) is 0 Å². The summed E-state index contributed by atoms with van der Waals surface area (Å²) in [6, 6.07) is 6.14. The number of nitrogens with zero attached hydrogens (tertiary/aromatic N) is 2. The Kier molecular flexibility index (Phi) is 15.1. The quantitative estimate of drug-likeness (QED) is 0.203. The molecular weight excluding hydrogens is 455 g/mol. The number of likely N-dealkylation sites (N-methyl/N-ethyl adjacent to an activating group) is 1. The van der Waals surface area contributed by atoms with E-state index in [1.54, 1.807) is 7.11 Å². The Morgan fingerprint density at radius 2 is 1.78 bits per heavy atom. The van der Waals surface area contributed by atoms with Gasteiger partial charge < -0.3 is 25.0 Å². The summed E-state index contributed by atoms with van der Waals surface area (Å²) in [7, 11) is 3.48.